The quantitative estimate of drug-likeness (QED) is 0.675. The summed E-state index contributed by atoms with van der Waals surface area (Å²) >= 11 is 12.7. The number of H-pyrrole nitrogens is 1. The Morgan fingerprint density at radius 1 is 1.41 bits per heavy atom. The standard InChI is InChI=1S/C20H17Cl2N5O2/c1-10-15-14(26-18-16(15)11(3-5-23)7-13(21)17(18)22)4-6-27(10)20(28)19-24-8-12(29-2)9-25-19/h7-10,26H,3-4,6H2,1-2H3. The van der Waals surface area contributed by atoms with E-state index in [1.807, 2.05) is 6.92 Å². The number of aromatic nitrogens is 3. The van der Waals surface area contributed by atoms with Crippen LogP contribution >= 0.6 is 23.2 Å². The summed E-state index contributed by atoms with van der Waals surface area (Å²) in [5, 5.41) is 10.9. The average Bonchev–Trinajstić information content (AvgIpc) is 3.13. The highest BCUT2D eigenvalue weighted by atomic mass is 35.5. The third-order valence-electron chi connectivity index (χ3n) is 5.25. The van der Waals surface area contributed by atoms with Crippen LogP contribution in [0.25, 0.3) is 10.9 Å². The Bertz CT molecular complexity index is 1150. The number of hydrogen-bond donors (Lipinski definition) is 1. The average molecular weight is 430 g/mol. The maximum absolute atomic E-state index is 13.1. The number of benzene rings is 1. The molecule has 1 aliphatic heterocycles. The van der Waals surface area contributed by atoms with Crippen molar-refractivity contribution in [1.82, 2.24) is 19.9 Å². The molecule has 148 valence electrons. The van der Waals surface area contributed by atoms with Crippen LogP contribution in [0.2, 0.25) is 10.0 Å². The summed E-state index contributed by atoms with van der Waals surface area (Å²) in [4.78, 5) is 26.4. The van der Waals surface area contributed by atoms with Crippen molar-refractivity contribution in [3.8, 4) is 11.8 Å². The van der Waals surface area contributed by atoms with Gasteiger partial charge in [0, 0.05) is 29.6 Å². The van der Waals surface area contributed by atoms with Crippen LogP contribution in [0.5, 0.6) is 5.75 Å². The van der Waals surface area contributed by atoms with Crippen molar-refractivity contribution in [3.05, 3.63) is 51.2 Å². The Morgan fingerprint density at radius 2 is 2.14 bits per heavy atom. The molecule has 4 rings (SSSR count). The Hall–Kier alpha value is -2.82. The van der Waals surface area contributed by atoms with Crippen LogP contribution in [0.4, 0.5) is 0 Å². The van der Waals surface area contributed by atoms with Crippen LogP contribution in [0.1, 0.15) is 40.4 Å². The predicted molar refractivity (Wildman–Crippen MR) is 109 cm³/mol. The monoisotopic (exact) mass is 429 g/mol. The third kappa shape index (κ3) is 3.18. The second-order valence-corrected chi connectivity index (χ2v) is 7.59. The highest BCUT2D eigenvalue weighted by Crippen LogP contribution is 2.42. The van der Waals surface area contributed by atoms with Gasteiger partial charge in [-0.2, -0.15) is 5.26 Å². The lowest BCUT2D eigenvalue weighted by Crippen LogP contribution is -2.39. The van der Waals surface area contributed by atoms with E-state index in [9.17, 15) is 10.1 Å². The van der Waals surface area contributed by atoms with Crippen molar-refractivity contribution in [2.24, 2.45) is 0 Å². The number of carbonyl (C=O) groups excluding carboxylic acids is 1. The molecular formula is C20H17Cl2N5O2. The molecule has 3 heterocycles. The molecule has 3 aromatic rings. The lowest BCUT2D eigenvalue weighted by molar-refractivity contribution is 0.0665. The van der Waals surface area contributed by atoms with Gasteiger partial charge in [-0.1, -0.05) is 23.2 Å². The first-order valence-electron chi connectivity index (χ1n) is 9.01. The van der Waals surface area contributed by atoms with Gasteiger partial charge in [-0.05, 0) is 18.6 Å². The molecule has 0 spiro atoms. The number of carbonyl (C=O) groups is 1. The second kappa shape index (κ2) is 7.54. The molecule has 1 unspecified atom stereocenters. The fraction of sp³-hybridized carbons (Fsp3) is 0.300. The molecule has 0 saturated carbocycles. The maximum Gasteiger partial charge on any atom is 0.292 e. The number of rotatable bonds is 3. The van der Waals surface area contributed by atoms with E-state index in [0.29, 0.717) is 34.3 Å². The number of nitriles is 1. The number of fused-ring (bicyclic) bond motifs is 3. The van der Waals surface area contributed by atoms with Crippen molar-refractivity contribution >= 4 is 40.0 Å². The zero-order valence-corrected chi connectivity index (χ0v) is 17.3. The summed E-state index contributed by atoms with van der Waals surface area (Å²) in [6, 6.07) is 3.65. The molecule has 7 nitrogen and oxygen atoms in total. The van der Waals surface area contributed by atoms with Crippen molar-refractivity contribution in [2.75, 3.05) is 13.7 Å². The Morgan fingerprint density at radius 3 is 2.79 bits per heavy atom. The second-order valence-electron chi connectivity index (χ2n) is 6.80. The van der Waals surface area contributed by atoms with E-state index in [0.717, 1.165) is 22.2 Å². The molecule has 0 aliphatic carbocycles. The summed E-state index contributed by atoms with van der Waals surface area (Å²) in [7, 11) is 1.52. The molecular weight excluding hydrogens is 413 g/mol. The molecule has 0 radical (unpaired) electrons. The molecule has 0 bridgehead atoms. The SMILES string of the molecule is COc1cnc(C(=O)N2CCc3[nH]c4c(Cl)c(Cl)cc(CC#N)c4c3C2C)nc1. The molecule has 1 amide bonds. The van der Waals surface area contributed by atoms with Crippen LogP contribution < -0.4 is 4.74 Å². The first-order chi connectivity index (χ1) is 14.0. The number of aromatic amines is 1. The van der Waals surface area contributed by atoms with Gasteiger partial charge in [0.25, 0.3) is 5.91 Å². The van der Waals surface area contributed by atoms with E-state index in [1.165, 1.54) is 19.5 Å². The molecule has 29 heavy (non-hydrogen) atoms. The predicted octanol–water partition coefficient (Wildman–Crippen LogP) is 4.10. The van der Waals surface area contributed by atoms with Crippen molar-refractivity contribution in [1.29, 1.82) is 5.26 Å². The van der Waals surface area contributed by atoms with Gasteiger partial charge < -0.3 is 14.6 Å². The largest absolute Gasteiger partial charge is 0.494 e. The van der Waals surface area contributed by atoms with Crippen LogP contribution in [-0.2, 0) is 12.8 Å². The van der Waals surface area contributed by atoms with Gasteiger partial charge in [0.05, 0.1) is 53.6 Å². The Labute approximate surface area is 177 Å². The van der Waals surface area contributed by atoms with E-state index < -0.39 is 0 Å². The lowest BCUT2D eigenvalue weighted by atomic mass is 9.93. The summed E-state index contributed by atoms with van der Waals surface area (Å²) in [5.74, 6) is 0.334. The van der Waals surface area contributed by atoms with E-state index in [4.69, 9.17) is 27.9 Å². The minimum absolute atomic E-state index is 0.110. The lowest BCUT2D eigenvalue weighted by Gasteiger charge is -2.33. The van der Waals surface area contributed by atoms with E-state index in [2.05, 4.69) is 21.0 Å². The van der Waals surface area contributed by atoms with Gasteiger partial charge in [0.1, 0.15) is 0 Å². The van der Waals surface area contributed by atoms with Gasteiger partial charge in [-0.25, -0.2) is 9.97 Å². The van der Waals surface area contributed by atoms with E-state index in [1.54, 1.807) is 11.0 Å². The van der Waals surface area contributed by atoms with E-state index >= 15 is 0 Å². The van der Waals surface area contributed by atoms with Crippen molar-refractivity contribution < 1.29 is 9.53 Å². The van der Waals surface area contributed by atoms with Gasteiger partial charge in [0.2, 0.25) is 5.82 Å². The molecule has 9 heteroatoms. The zero-order chi connectivity index (χ0) is 20.7. The van der Waals surface area contributed by atoms with Crippen LogP contribution in [-0.4, -0.2) is 39.4 Å². The zero-order valence-electron chi connectivity index (χ0n) is 15.8. The molecule has 0 saturated heterocycles. The summed E-state index contributed by atoms with van der Waals surface area (Å²) in [5.41, 5.74) is 3.44. The maximum atomic E-state index is 13.1. The third-order valence-corrected chi connectivity index (χ3v) is 6.03. The Balaban J connectivity index is 1.79. The molecule has 1 N–H and O–H groups in total. The van der Waals surface area contributed by atoms with Crippen molar-refractivity contribution in [3.63, 3.8) is 0 Å². The molecule has 1 atom stereocenters. The normalized spacial score (nSPS) is 15.8. The molecule has 0 fully saturated rings. The minimum Gasteiger partial charge on any atom is -0.494 e. The summed E-state index contributed by atoms with van der Waals surface area (Å²) in [6.07, 6.45) is 3.76. The van der Waals surface area contributed by atoms with Gasteiger partial charge in [-0.15, -0.1) is 0 Å². The highest BCUT2D eigenvalue weighted by Gasteiger charge is 2.33. The number of nitrogens with one attached hydrogen (secondary N) is 1. The smallest absolute Gasteiger partial charge is 0.292 e. The first-order valence-corrected chi connectivity index (χ1v) is 9.77. The summed E-state index contributed by atoms with van der Waals surface area (Å²) < 4.78 is 5.05. The number of halogens is 2. The molecule has 1 aromatic carbocycles. The fourth-order valence-corrected chi connectivity index (χ4v) is 4.30. The number of hydrogen-bond acceptors (Lipinski definition) is 5. The van der Waals surface area contributed by atoms with Gasteiger partial charge >= 0.3 is 0 Å². The molecule has 1 aliphatic rings. The van der Waals surface area contributed by atoms with Crippen LogP contribution in [0.3, 0.4) is 0 Å². The van der Waals surface area contributed by atoms with E-state index in [-0.39, 0.29) is 24.2 Å². The first kappa shape index (κ1) is 19.5. The molecule has 2 aromatic heterocycles. The number of amides is 1. The van der Waals surface area contributed by atoms with Gasteiger partial charge in [0.15, 0.2) is 5.75 Å². The van der Waals surface area contributed by atoms with Crippen molar-refractivity contribution in [2.45, 2.75) is 25.8 Å². The van der Waals surface area contributed by atoms with Crippen LogP contribution in [0, 0.1) is 11.3 Å². The van der Waals surface area contributed by atoms with Gasteiger partial charge in [-0.3, -0.25) is 4.79 Å². The highest BCUT2D eigenvalue weighted by molar-refractivity contribution is 6.45. The minimum atomic E-state index is -0.262. The number of methoxy groups -OCH3 is 1. The summed E-state index contributed by atoms with van der Waals surface area (Å²) in [6.45, 7) is 2.46. The Kier molecular flexibility index (Phi) is 5.07. The number of ether oxygens (including phenoxy) is 1. The fourth-order valence-electron chi connectivity index (χ4n) is 3.87. The van der Waals surface area contributed by atoms with Crippen LogP contribution in [0.15, 0.2) is 18.5 Å². The number of nitrogens with zero attached hydrogens (tertiary/aromatic N) is 4. The topological polar surface area (TPSA) is 94.9 Å².